The molecule has 0 aliphatic heterocycles. The van der Waals surface area contributed by atoms with Crippen molar-refractivity contribution in [2.75, 3.05) is 0 Å². The summed E-state index contributed by atoms with van der Waals surface area (Å²) < 4.78 is 0. The first kappa shape index (κ1) is 25.4. The summed E-state index contributed by atoms with van der Waals surface area (Å²) in [7, 11) is 0. The smallest absolute Gasteiger partial charge is 0.309 e. The van der Waals surface area contributed by atoms with Crippen LogP contribution < -0.4 is 0 Å². The van der Waals surface area contributed by atoms with Crippen LogP contribution in [0.2, 0.25) is 0 Å². The van der Waals surface area contributed by atoms with Gasteiger partial charge in [0.2, 0.25) is 0 Å². The van der Waals surface area contributed by atoms with E-state index in [1.54, 1.807) is 0 Å². The molecule has 5 rings (SSSR count). The van der Waals surface area contributed by atoms with Crippen LogP contribution in [0.3, 0.4) is 0 Å². The molecule has 0 bridgehead atoms. The quantitative estimate of drug-likeness (QED) is 0.465. The zero-order chi connectivity index (χ0) is 26.7. The third-order valence-electron chi connectivity index (χ3n) is 12.3. The topological polar surface area (TPSA) is 95.2 Å². The van der Waals surface area contributed by atoms with Gasteiger partial charge in [0, 0.05) is 16.7 Å². The highest BCUT2D eigenvalue weighted by Crippen LogP contribution is 2.74. The van der Waals surface area contributed by atoms with E-state index >= 15 is 0 Å². The lowest BCUT2D eigenvalue weighted by molar-refractivity contribution is -0.188. The molecule has 0 aromatic rings. The highest BCUT2D eigenvalue weighted by Gasteiger charge is 2.70. The molecule has 0 spiro atoms. The number of hydrogen-bond donors (Lipinski definition) is 1. The van der Waals surface area contributed by atoms with Crippen LogP contribution >= 0.6 is 0 Å². The Hall–Kier alpha value is -2.22. The van der Waals surface area contributed by atoms with Crippen LogP contribution in [0, 0.1) is 61.6 Å². The number of carboxylic acid groups (broad SMARTS) is 1. The minimum absolute atomic E-state index is 0.00880. The van der Waals surface area contributed by atoms with Crippen LogP contribution in [-0.2, 0) is 14.4 Å². The van der Waals surface area contributed by atoms with Crippen molar-refractivity contribution in [2.24, 2.45) is 50.2 Å². The van der Waals surface area contributed by atoms with Gasteiger partial charge in [0.25, 0.3) is 0 Å². The van der Waals surface area contributed by atoms with Gasteiger partial charge in [-0.15, -0.1) is 0 Å². The third kappa shape index (κ3) is 2.85. The highest BCUT2D eigenvalue weighted by molar-refractivity contribution is 6.04. The van der Waals surface area contributed by atoms with E-state index in [0.29, 0.717) is 19.3 Å². The van der Waals surface area contributed by atoms with Crippen molar-refractivity contribution in [3.05, 3.63) is 23.3 Å². The van der Waals surface area contributed by atoms with Crippen LogP contribution in [0.4, 0.5) is 0 Å². The van der Waals surface area contributed by atoms with E-state index in [1.165, 1.54) is 0 Å². The van der Waals surface area contributed by atoms with Crippen LogP contribution in [0.5, 0.6) is 0 Å². The average Bonchev–Trinajstić information content (AvgIpc) is 2.77. The fourth-order valence-corrected chi connectivity index (χ4v) is 10.0. The second kappa shape index (κ2) is 7.21. The first-order valence-electron chi connectivity index (χ1n) is 13.7. The van der Waals surface area contributed by atoms with Gasteiger partial charge in [0.15, 0.2) is 11.6 Å². The largest absolute Gasteiger partial charge is 0.481 e. The summed E-state index contributed by atoms with van der Waals surface area (Å²) in [6, 6.07) is 2.15. The Morgan fingerprint density at radius 2 is 1.64 bits per heavy atom. The molecule has 36 heavy (non-hydrogen) atoms. The predicted molar refractivity (Wildman–Crippen MR) is 137 cm³/mol. The molecule has 0 aromatic heterocycles. The maximum absolute atomic E-state index is 14.2. The number of hydrogen-bond acceptors (Lipinski definition) is 4. The number of rotatable bonds is 1. The maximum atomic E-state index is 14.2. The fourth-order valence-electron chi connectivity index (χ4n) is 10.0. The Kier molecular flexibility index (Phi) is 5.09. The van der Waals surface area contributed by atoms with E-state index in [-0.39, 0.29) is 51.1 Å². The van der Waals surface area contributed by atoms with E-state index in [1.807, 2.05) is 26.0 Å². The Morgan fingerprint density at radius 3 is 2.25 bits per heavy atom. The maximum Gasteiger partial charge on any atom is 0.309 e. The van der Waals surface area contributed by atoms with Crippen LogP contribution in [-0.4, -0.2) is 22.6 Å². The molecule has 0 heterocycles. The van der Waals surface area contributed by atoms with Crippen molar-refractivity contribution in [2.45, 2.75) is 93.4 Å². The van der Waals surface area contributed by atoms with Crippen molar-refractivity contribution in [3.63, 3.8) is 0 Å². The summed E-state index contributed by atoms with van der Waals surface area (Å²) in [4.78, 5) is 40.2. The van der Waals surface area contributed by atoms with Gasteiger partial charge in [0.1, 0.15) is 6.07 Å². The molecule has 5 nitrogen and oxygen atoms in total. The van der Waals surface area contributed by atoms with Crippen LogP contribution in [0.1, 0.15) is 93.4 Å². The second-order valence-electron chi connectivity index (χ2n) is 14.7. The SMILES string of the molecule is CC1(C)CC[C@]2(C(=O)O)CC[C@]3(C)[C@@H](C(=O)C=C4[C@@]5(C)C=C(C#N)C(=O)C(C)(C)[C@H]5CC[C@]43C)[C@H]2C1. The molecule has 0 saturated heterocycles. The monoisotopic (exact) mass is 491 g/mol. The number of nitrogens with zero attached hydrogens (tertiary/aromatic N) is 1. The molecule has 5 aliphatic rings. The minimum Gasteiger partial charge on any atom is -0.481 e. The zero-order valence-corrected chi connectivity index (χ0v) is 23.0. The number of allylic oxidation sites excluding steroid dienone is 4. The third-order valence-corrected chi connectivity index (χ3v) is 12.3. The van der Waals surface area contributed by atoms with Crippen molar-refractivity contribution in [3.8, 4) is 6.07 Å². The van der Waals surface area contributed by atoms with Gasteiger partial charge in [-0.2, -0.15) is 5.26 Å². The van der Waals surface area contributed by atoms with Crippen molar-refractivity contribution >= 4 is 17.5 Å². The molecular formula is C31H41NO4. The van der Waals surface area contributed by atoms with Gasteiger partial charge in [-0.25, -0.2) is 0 Å². The van der Waals surface area contributed by atoms with Gasteiger partial charge in [-0.3, -0.25) is 14.4 Å². The minimum atomic E-state index is -0.828. The number of fused-ring (bicyclic) bond motifs is 7. The normalized spacial score (nSPS) is 46.7. The summed E-state index contributed by atoms with van der Waals surface area (Å²) >= 11 is 0. The molecule has 0 amide bonds. The molecule has 5 heteroatoms. The van der Waals surface area contributed by atoms with Crippen LogP contribution in [0.15, 0.2) is 23.3 Å². The molecule has 0 radical (unpaired) electrons. The van der Waals surface area contributed by atoms with E-state index in [4.69, 9.17) is 0 Å². The summed E-state index contributed by atoms with van der Waals surface area (Å²) in [6.45, 7) is 15.0. The number of Topliss-reactive ketones (excluding diaryl/α,β-unsaturated/α-hetero) is 1. The summed E-state index contributed by atoms with van der Waals surface area (Å²) in [6.07, 6.45) is 8.98. The lowest BCUT2D eigenvalue weighted by atomic mass is 9.34. The summed E-state index contributed by atoms with van der Waals surface area (Å²) in [5, 5.41) is 20.3. The lowest BCUT2D eigenvalue weighted by Gasteiger charge is -2.68. The Morgan fingerprint density at radius 1 is 1.00 bits per heavy atom. The second-order valence-corrected chi connectivity index (χ2v) is 14.7. The van der Waals surface area contributed by atoms with Crippen molar-refractivity contribution in [1.82, 2.24) is 0 Å². The zero-order valence-electron chi connectivity index (χ0n) is 23.0. The predicted octanol–water partition coefficient (Wildman–Crippen LogP) is 6.29. The number of carboxylic acids is 1. The molecule has 3 saturated carbocycles. The summed E-state index contributed by atoms with van der Waals surface area (Å²) in [5.74, 6) is -1.27. The Bertz CT molecular complexity index is 1180. The van der Waals surface area contributed by atoms with E-state index in [9.17, 15) is 24.8 Å². The standard InChI is InChI=1S/C31H41NO4/c1-26(2)10-12-31(25(35)36)13-11-30(7)23(19(31)16-26)20(33)14-22-28(5)15-18(17-32)24(34)27(3,4)21(28)8-9-29(22,30)6/h14-15,19,21,23H,8-13,16H2,1-7H3,(H,35,36)/t19-,21-,23-,28+,29-,30-,31+/m1/s1. The number of carbonyl (C=O) groups excluding carboxylic acids is 2. The first-order valence-corrected chi connectivity index (χ1v) is 13.7. The first-order chi connectivity index (χ1) is 16.5. The Balaban J connectivity index is 1.71. The van der Waals surface area contributed by atoms with Crippen molar-refractivity contribution < 1.29 is 19.5 Å². The number of aliphatic carboxylic acids is 1. The van der Waals surface area contributed by atoms with E-state index in [0.717, 1.165) is 31.3 Å². The van der Waals surface area contributed by atoms with E-state index in [2.05, 4.69) is 40.7 Å². The molecule has 194 valence electrons. The Labute approximate surface area is 215 Å². The fraction of sp³-hybridized carbons (Fsp3) is 0.742. The van der Waals surface area contributed by atoms with Crippen LogP contribution in [0.25, 0.3) is 0 Å². The number of carbonyl (C=O) groups is 3. The number of nitriles is 1. The molecule has 7 atom stereocenters. The summed E-state index contributed by atoms with van der Waals surface area (Å²) in [5.41, 5.74) is -1.49. The average molecular weight is 492 g/mol. The van der Waals surface area contributed by atoms with Gasteiger partial charge in [-0.05, 0) is 79.1 Å². The van der Waals surface area contributed by atoms with E-state index < -0.39 is 22.2 Å². The number of ketones is 2. The molecule has 0 aromatic carbocycles. The molecule has 3 fully saturated rings. The molecule has 5 aliphatic carbocycles. The van der Waals surface area contributed by atoms with Gasteiger partial charge in [-0.1, -0.05) is 60.1 Å². The lowest BCUT2D eigenvalue weighted by Crippen LogP contribution is -2.65. The van der Waals surface area contributed by atoms with Gasteiger partial charge >= 0.3 is 5.97 Å². The highest BCUT2D eigenvalue weighted by atomic mass is 16.4. The molecule has 0 unspecified atom stereocenters. The van der Waals surface area contributed by atoms with Crippen molar-refractivity contribution in [1.29, 1.82) is 5.26 Å². The molecular weight excluding hydrogens is 450 g/mol. The van der Waals surface area contributed by atoms with Gasteiger partial charge < -0.3 is 5.11 Å². The van der Waals surface area contributed by atoms with Gasteiger partial charge in [0.05, 0.1) is 11.0 Å². The molecule has 1 N–H and O–H groups in total.